The topological polar surface area (TPSA) is 50.9 Å². The molecule has 3 N–H and O–H groups in total. The lowest BCUT2D eigenvalue weighted by Crippen LogP contribution is -2.21. The third kappa shape index (κ3) is 2.83. The molecular weight excluding hydrogens is 246 g/mol. The van der Waals surface area contributed by atoms with Crippen molar-refractivity contribution in [2.45, 2.75) is 71.4 Å². The molecule has 2 aliphatic rings. The SMILES string of the molecule is CC1(C)CCC(Nc2nc3c(cc2CN)CCCC3)C1. The summed E-state index contributed by atoms with van der Waals surface area (Å²) in [7, 11) is 0. The quantitative estimate of drug-likeness (QED) is 0.887. The van der Waals surface area contributed by atoms with Crippen molar-refractivity contribution in [3.05, 3.63) is 22.9 Å². The average Bonchev–Trinajstić information content (AvgIpc) is 2.77. The Morgan fingerprint density at radius 3 is 2.85 bits per heavy atom. The van der Waals surface area contributed by atoms with E-state index in [1.807, 2.05) is 0 Å². The maximum absolute atomic E-state index is 5.93. The largest absolute Gasteiger partial charge is 0.367 e. The molecule has 20 heavy (non-hydrogen) atoms. The Balaban J connectivity index is 1.81. The third-order valence-electron chi connectivity index (χ3n) is 4.91. The highest BCUT2D eigenvalue weighted by Gasteiger charge is 2.31. The average molecular weight is 273 g/mol. The van der Waals surface area contributed by atoms with Crippen LogP contribution in [0.5, 0.6) is 0 Å². The van der Waals surface area contributed by atoms with Crippen LogP contribution < -0.4 is 11.1 Å². The Labute approximate surface area is 122 Å². The van der Waals surface area contributed by atoms with Gasteiger partial charge in [-0.3, -0.25) is 0 Å². The van der Waals surface area contributed by atoms with Gasteiger partial charge in [0.05, 0.1) is 0 Å². The van der Waals surface area contributed by atoms with E-state index < -0.39 is 0 Å². The van der Waals surface area contributed by atoms with Crippen molar-refractivity contribution in [1.82, 2.24) is 4.98 Å². The molecule has 3 rings (SSSR count). The van der Waals surface area contributed by atoms with E-state index in [1.165, 1.54) is 55.3 Å². The van der Waals surface area contributed by atoms with Gasteiger partial charge in [0.15, 0.2) is 0 Å². The maximum Gasteiger partial charge on any atom is 0.130 e. The maximum atomic E-state index is 5.93. The molecule has 0 radical (unpaired) electrons. The highest BCUT2D eigenvalue weighted by atomic mass is 15.0. The van der Waals surface area contributed by atoms with Gasteiger partial charge in [-0.05, 0) is 62.0 Å². The van der Waals surface area contributed by atoms with Crippen molar-refractivity contribution in [2.75, 3.05) is 5.32 Å². The summed E-state index contributed by atoms with van der Waals surface area (Å²) in [5.41, 5.74) is 10.3. The zero-order valence-corrected chi connectivity index (χ0v) is 12.8. The van der Waals surface area contributed by atoms with E-state index in [9.17, 15) is 0 Å². The molecule has 0 aromatic carbocycles. The smallest absolute Gasteiger partial charge is 0.130 e. The molecule has 0 spiro atoms. The lowest BCUT2D eigenvalue weighted by atomic mass is 9.92. The first-order valence-electron chi connectivity index (χ1n) is 8.06. The van der Waals surface area contributed by atoms with Crippen LogP contribution in [0.3, 0.4) is 0 Å². The van der Waals surface area contributed by atoms with Gasteiger partial charge < -0.3 is 11.1 Å². The Morgan fingerprint density at radius 2 is 2.15 bits per heavy atom. The van der Waals surface area contributed by atoms with Crippen LogP contribution in [-0.2, 0) is 19.4 Å². The molecule has 3 nitrogen and oxygen atoms in total. The van der Waals surface area contributed by atoms with E-state index in [-0.39, 0.29) is 0 Å². The van der Waals surface area contributed by atoms with Gasteiger partial charge in [0, 0.05) is 23.8 Å². The van der Waals surface area contributed by atoms with Crippen molar-refractivity contribution in [3.8, 4) is 0 Å². The predicted octanol–water partition coefficient (Wildman–Crippen LogP) is 3.41. The third-order valence-corrected chi connectivity index (χ3v) is 4.91. The number of nitrogens with zero attached hydrogens (tertiary/aromatic N) is 1. The van der Waals surface area contributed by atoms with Crippen LogP contribution in [0.25, 0.3) is 0 Å². The minimum absolute atomic E-state index is 0.467. The summed E-state index contributed by atoms with van der Waals surface area (Å²) in [5, 5.41) is 3.68. The number of rotatable bonds is 3. The molecule has 0 bridgehead atoms. The van der Waals surface area contributed by atoms with Gasteiger partial charge in [0.2, 0.25) is 0 Å². The van der Waals surface area contributed by atoms with E-state index in [2.05, 4.69) is 25.2 Å². The van der Waals surface area contributed by atoms with Gasteiger partial charge in [-0.2, -0.15) is 0 Å². The van der Waals surface area contributed by atoms with Gasteiger partial charge in [-0.25, -0.2) is 4.98 Å². The fourth-order valence-electron chi connectivity index (χ4n) is 3.71. The fourth-order valence-corrected chi connectivity index (χ4v) is 3.71. The number of anilines is 1. The molecular formula is C17H27N3. The van der Waals surface area contributed by atoms with E-state index in [0.717, 1.165) is 12.2 Å². The summed E-state index contributed by atoms with van der Waals surface area (Å²) >= 11 is 0. The zero-order chi connectivity index (χ0) is 14.2. The second kappa shape index (κ2) is 5.36. The number of pyridine rings is 1. The Bertz CT molecular complexity index is 493. The van der Waals surface area contributed by atoms with Crippen LogP contribution in [0, 0.1) is 5.41 Å². The first kappa shape index (κ1) is 13.9. The lowest BCUT2D eigenvalue weighted by Gasteiger charge is -2.22. The molecule has 1 saturated carbocycles. The molecule has 1 fully saturated rings. The van der Waals surface area contributed by atoms with Crippen molar-refractivity contribution >= 4 is 5.82 Å². The summed E-state index contributed by atoms with van der Waals surface area (Å²) in [4.78, 5) is 4.90. The van der Waals surface area contributed by atoms with Crippen LogP contribution >= 0.6 is 0 Å². The number of aromatic nitrogens is 1. The Hall–Kier alpha value is -1.09. The van der Waals surface area contributed by atoms with Crippen molar-refractivity contribution in [2.24, 2.45) is 11.1 Å². The van der Waals surface area contributed by atoms with Crippen LogP contribution in [0.15, 0.2) is 6.07 Å². The summed E-state index contributed by atoms with van der Waals surface area (Å²) in [6, 6.07) is 2.86. The first-order valence-corrected chi connectivity index (χ1v) is 8.06. The van der Waals surface area contributed by atoms with Crippen molar-refractivity contribution in [1.29, 1.82) is 0 Å². The van der Waals surface area contributed by atoms with Gasteiger partial charge >= 0.3 is 0 Å². The summed E-state index contributed by atoms with van der Waals surface area (Å²) in [6.45, 7) is 5.30. The molecule has 0 aliphatic heterocycles. The van der Waals surface area contributed by atoms with Crippen LogP contribution in [-0.4, -0.2) is 11.0 Å². The van der Waals surface area contributed by atoms with E-state index in [4.69, 9.17) is 10.7 Å². The highest BCUT2D eigenvalue weighted by Crippen LogP contribution is 2.38. The molecule has 0 amide bonds. The van der Waals surface area contributed by atoms with E-state index >= 15 is 0 Å². The number of nitrogens with two attached hydrogens (primary N) is 1. The molecule has 3 heteroatoms. The van der Waals surface area contributed by atoms with Crippen LogP contribution in [0.4, 0.5) is 5.82 Å². The minimum Gasteiger partial charge on any atom is -0.367 e. The monoisotopic (exact) mass is 273 g/mol. The first-order chi connectivity index (χ1) is 9.57. The molecule has 1 atom stereocenters. The standard InChI is InChI=1S/C17H27N3/c1-17(2)8-7-14(10-17)19-16-13(11-18)9-12-5-3-4-6-15(12)20-16/h9,14H,3-8,10-11,18H2,1-2H3,(H,19,20). The number of hydrogen-bond acceptors (Lipinski definition) is 3. The second-order valence-electron chi connectivity index (χ2n) is 7.26. The molecule has 2 aliphatic carbocycles. The van der Waals surface area contributed by atoms with Gasteiger partial charge in [-0.15, -0.1) is 0 Å². The predicted molar refractivity (Wildman–Crippen MR) is 83.8 cm³/mol. The minimum atomic E-state index is 0.467. The van der Waals surface area contributed by atoms with Crippen molar-refractivity contribution in [3.63, 3.8) is 0 Å². The molecule has 1 heterocycles. The lowest BCUT2D eigenvalue weighted by molar-refractivity contribution is 0.378. The second-order valence-corrected chi connectivity index (χ2v) is 7.26. The number of fused-ring (bicyclic) bond motifs is 1. The van der Waals surface area contributed by atoms with E-state index in [0.29, 0.717) is 18.0 Å². The zero-order valence-electron chi connectivity index (χ0n) is 12.8. The van der Waals surface area contributed by atoms with Crippen molar-refractivity contribution < 1.29 is 0 Å². The van der Waals surface area contributed by atoms with Crippen LogP contribution in [0.1, 0.15) is 62.8 Å². The number of aryl methyl sites for hydroxylation is 2. The number of hydrogen-bond donors (Lipinski definition) is 2. The van der Waals surface area contributed by atoms with Crippen LogP contribution in [0.2, 0.25) is 0 Å². The molecule has 1 unspecified atom stereocenters. The Morgan fingerprint density at radius 1 is 1.35 bits per heavy atom. The molecule has 1 aromatic heterocycles. The van der Waals surface area contributed by atoms with Gasteiger partial charge in [0.25, 0.3) is 0 Å². The summed E-state index contributed by atoms with van der Waals surface area (Å²) in [5.74, 6) is 1.05. The highest BCUT2D eigenvalue weighted by molar-refractivity contribution is 5.49. The Kier molecular flexibility index (Phi) is 3.72. The molecule has 1 aromatic rings. The summed E-state index contributed by atoms with van der Waals surface area (Å²) < 4.78 is 0. The van der Waals surface area contributed by atoms with Gasteiger partial charge in [-0.1, -0.05) is 13.8 Å². The fraction of sp³-hybridized carbons (Fsp3) is 0.706. The van der Waals surface area contributed by atoms with E-state index in [1.54, 1.807) is 0 Å². The summed E-state index contributed by atoms with van der Waals surface area (Å²) in [6.07, 6.45) is 8.65. The van der Waals surface area contributed by atoms with Gasteiger partial charge in [0.1, 0.15) is 5.82 Å². The number of nitrogens with one attached hydrogen (secondary N) is 1. The molecule has 0 saturated heterocycles. The normalized spacial score (nSPS) is 24.4. The molecule has 110 valence electrons.